The number of carbonyl (C=O) groups excluding carboxylic acids is 1. The molecule has 0 spiro atoms. The van der Waals surface area contributed by atoms with Gasteiger partial charge in [0.15, 0.2) is 6.29 Å². The maximum Gasteiger partial charge on any atom is 0.153 e. The molecule has 1 nitrogen and oxygen atoms in total. The molecule has 0 bridgehead atoms. The average molecular weight is 218 g/mol. The van der Waals surface area contributed by atoms with Gasteiger partial charge >= 0.3 is 0 Å². The second-order valence-corrected chi connectivity index (χ2v) is 3.33. The normalized spacial score (nSPS) is 10.1. The topological polar surface area (TPSA) is 17.1 Å². The van der Waals surface area contributed by atoms with Gasteiger partial charge in [0.05, 0.1) is 5.56 Å². The number of hydrogen-bond donors (Lipinski definition) is 0. The van der Waals surface area contributed by atoms with E-state index in [4.69, 9.17) is 0 Å². The van der Waals surface area contributed by atoms with Crippen LogP contribution in [0.4, 0.5) is 8.78 Å². The molecule has 80 valence electrons. The van der Waals surface area contributed by atoms with Crippen molar-refractivity contribution in [2.75, 3.05) is 0 Å². The van der Waals surface area contributed by atoms with Crippen LogP contribution < -0.4 is 0 Å². The Morgan fingerprint density at radius 3 is 2.31 bits per heavy atom. The third-order valence-corrected chi connectivity index (χ3v) is 2.30. The van der Waals surface area contributed by atoms with E-state index in [0.29, 0.717) is 17.9 Å². The van der Waals surface area contributed by atoms with Gasteiger partial charge in [-0.25, -0.2) is 8.78 Å². The molecule has 2 rings (SSSR count). The molecule has 0 radical (unpaired) electrons. The molecule has 2 aromatic rings. The fraction of sp³-hybridized carbons (Fsp3) is 0. The first-order chi connectivity index (χ1) is 7.72. The van der Waals surface area contributed by atoms with E-state index in [1.54, 1.807) is 30.3 Å². The van der Waals surface area contributed by atoms with Gasteiger partial charge in [-0.2, -0.15) is 0 Å². The molecule has 3 heteroatoms. The fourth-order valence-electron chi connectivity index (χ4n) is 1.56. The van der Waals surface area contributed by atoms with E-state index in [-0.39, 0.29) is 11.1 Å². The number of rotatable bonds is 2. The van der Waals surface area contributed by atoms with E-state index >= 15 is 0 Å². The maximum atomic E-state index is 13.3. The Morgan fingerprint density at radius 1 is 1.00 bits per heavy atom. The molecule has 0 heterocycles. The van der Waals surface area contributed by atoms with Crippen LogP contribution >= 0.6 is 0 Å². The lowest BCUT2D eigenvalue weighted by atomic mass is 10.00. The van der Waals surface area contributed by atoms with E-state index in [1.807, 2.05) is 0 Å². The minimum absolute atomic E-state index is 0.118. The first kappa shape index (κ1) is 10.5. The summed E-state index contributed by atoms with van der Waals surface area (Å²) >= 11 is 0. The molecule has 0 aromatic heterocycles. The molecule has 0 aliphatic rings. The van der Waals surface area contributed by atoms with Gasteiger partial charge in [0.25, 0.3) is 0 Å². The lowest BCUT2D eigenvalue weighted by molar-refractivity contribution is 0.112. The number of benzene rings is 2. The molecule has 0 unspecified atom stereocenters. The maximum absolute atomic E-state index is 13.3. The van der Waals surface area contributed by atoms with Crippen molar-refractivity contribution in [3.05, 3.63) is 59.7 Å². The quantitative estimate of drug-likeness (QED) is 0.705. The molecule has 0 atom stereocenters. The minimum Gasteiger partial charge on any atom is -0.298 e. The van der Waals surface area contributed by atoms with Crippen molar-refractivity contribution < 1.29 is 13.6 Å². The van der Waals surface area contributed by atoms with Crippen molar-refractivity contribution >= 4 is 6.29 Å². The molecule has 0 saturated heterocycles. The molecular weight excluding hydrogens is 210 g/mol. The van der Waals surface area contributed by atoms with E-state index < -0.39 is 11.6 Å². The fourth-order valence-corrected chi connectivity index (χ4v) is 1.56. The van der Waals surface area contributed by atoms with E-state index in [1.165, 1.54) is 0 Å². The lowest BCUT2D eigenvalue weighted by Crippen LogP contribution is -1.94. The predicted octanol–water partition coefficient (Wildman–Crippen LogP) is 3.44. The lowest BCUT2D eigenvalue weighted by Gasteiger charge is -2.06. The first-order valence-corrected chi connectivity index (χ1v) is 4.72. The molecule has 0 N–H and O–H groups in total. The van der Waals surface area contributed by atoms with Crippen LogP contribution in [-0.4, -0.2) is 6.29 Å². The summed E-state index contributed by atoms with van der Waals surface area (Å²) in [6.45, 7) is 0. The summed E-state index contributed by atoms with van der Waals surface area (Å²) < 4.78 is 26.4. The van der Waals surface area contributed by atoms with E-state index in [9.17, 15) is 13.6 Å². The number of aldehydes is 1. The van der Waals surface area contributed by atoms with Crippen LogP contribution in [0, 0.1) is 11.6 Å². The number of halogens is 2. The van der Waals surface area contributed by atoms with Crippen molar-refractivity contribution in [1.82, 2.24) is 0 Å². The van der Waals surface area contributed by atoms with E-state index in [2.05, 4.69) is 0 Å². The third kappa shape index (κ3) is 1.84. The Balaban J connectivity index is 2.69. The van der Waals surface area contributed by atoms with Gasteiger partial charge < -0.3 is 0 Å². The van der Waals surface area contributed by atoms with Gasteiger partial charge in [-0.15, -0.1) is 0 Å². The van der Waals surface area contributed by atoms with Gasteiger partial charge in [-0.3, -0.25) is 4.79 Å². The molecule has 2 aromatic carbocycles. The molecule has 0 fully saturated rings. The van der Waals surface area contributed by atoms with Crippen LogP contribution in [0.3, 0.4) is 0 Å². The summed E-state index contributed by atoms with van der Waals surface area (Å²) in [7, 11) is 0. The molecule has 0 aliphatic carbocycles. The summed E-state index contributed by atoms with van der Waals surface area (Å²) in [6, 6.07) is 10.5. The molecular formula is C13H8F2O. The zero-order valence-corrected chi connectivity index (χ0v) is 8.28. The van der Waals surface area contributed by atoms with Crippen molar-refractivity contribution in [1.29, 1.82) is 0 Å². The zero-order valence-electron chi connectivity index (χ0n) is 8.28. The van der Waals surface area contributed by atoms with Crippen molar-refractivity contribution in [2.45, 2.75) is 0 Å². The Bertz CT molecular complexity index is 521. The van der Waals surface area contributed by atoms with Gasteiger partial charge in [0, 0.05) is 6.07 Å². The highest BCUT2D eigenvalue weighted by molar-refractivity contribution is 5.87. The van der Waals surface area contributed by atoms with Gasteiger partial charge in [-0.1, -0.05) is 30.3 Å². The van der Waals surface area contributed by atoms with E-state index in [0.717, 1.165) is 6.07 Å². The van der Waals surface area contributed by atoms with Crippen LogP contribution in [0.25, 0.3) is 11.1 Å². The summed E-state index contributed by atoms with van der Waals surface area (Å²) in [6.07, 6.45) is 0.400. The van der Waals surface area contributed by atoms with Gasteiger partial charge in [-0.05, 0) is 17.2 Å². The monoisotopic (exact) mass is 218 g/mol. The van der Waals surface area contributed by atoms with Crippen molar-refractivity contribution in [3.63, 3.8) is 0 Å². The smallest absolute Gasteiger partial charge is 0.153 e. The van der Waals surface area contributed by atoms with Crippen LogP contribution in [0.2, 0.25) is 0 Å². The van der Waals surface area contributed by atoms with Crippen LogP contribution in [0.5, 0.6) is 0 Å². The third-order valence-electron chi connectivity index (χ3n) is 2.30. The second-order valence-electron chi connectivity index (χ2n) is 3.33. The van der Waals surface area contributed by atoms with Gasteiger partial charge in [0.1, 0.15) is 11.6 Å². The highest BCUT2D eigenvalue weighted by Gasteiger charge is 2.11. The minimum atomic E-state index is -0.839. The standard InChI is InChI=1S/C13H8F2O/c14-10-6-11(9-4-2-1-3-5-9)12(8-16)13(15)7-10/h1-8H. The number of carbonyl (C=O) groups is 1. The highest BCUT2D eigenvalue weighted by Crippen LogP contribution is 2.25. The number of hydrogen-bond acceptors (Lipinski definition) is 1. The summed E-state index contributed by atoms with van der Waals surface area (Å²) in [5.41, 5.74) is 0.767. The van der Waals surface area contributed by atoms with Gasteiger partial charge in [0.2, 0.25) is 0 Å². The Hall–Kier alpha value is -2.03. The zero-order chi connectivity index (χ0) is 11.5. The van der Waals surface area contributed by atoms with Crippen molar-refractivity contribution in [3.8, 4) is 11.1 Å². The van der Waals surface area contributed by atoms with Crippen LogP contribution in [0.1, 0.15) is 10.4 Å². The highest BCUT2D eigenvalue weighted by atomic mass is 19.1. The summed E-state index contributed by atoms with van der Waals surface area (Å²) in [5, 5.41) is 0. The first-order valence-electron chi connectivity index (χ1n) is 4.72. The van der Waals surface area contributed by atoms with Crippen molar-refractivity contribution in [2.24, 2.45) is 0 Å². The molecule has 16 heavy (non-hydrogen) atoms. The second kappa shape index (κ2) is 4.23. The summed E-state index contributed by atoms with van der Waals surface area (Å²) in [4.78, 5) is 10.8. The van der Waals surface area contributed by atoms with Crippen LogP contribution in [-0.2, 0) is 0 Å². The molecule has 0 saturated carbocycles. The molecule has 0 amide bonds. The average Bonchev–Trinajstić information content (AvgIpc) is 2.29. The SMILES string of the molecule is O=Cc1c(F)cc(F)cc1-c1ccccc1. The molecule has 0 aliphatic heterocycles. The largest absolute Gasteiger partial charge is 0.298 e. The Kier molecular flexibility index (Phi) is 2.77. The summed E-state index contributed by atoms with van der Waals surface area (Å²) in [5.74, 6) is -1.53. The van der Waals surface area contributed by atoms with Crippen LogP contribution in [0.15, 0.2) is 42.5 Å². The predicted molar refractivity (Wildman–Crippen MR) is 57.2 cm³/mol. The Morgan fingerprint density at radius 2 is 1.69 bits per heavy atom. The Labute approximate surface area is 91.3 Å².